The van der Waals surface area contributed by atoms with E-state index in [2.05, 4.69) is 44.3 Å². The van der Waals surface area contributed by atoms with Crippen LogP contribution in [0.4, 0.5) is 0 Å². The van der Waals surface area contributed by atoms with Crippen molar-refractivity contribution >= 4 is 0 Å². The van der Waals surface area contributed by atoms with Gasteiger partial charge in [0.2, 0.25) is 0 Å². The number of hydrogen-bond acceptors (Lipinski definition) is 1. The molecule has 1 saturated carbocycles. The van der Waals surface area contributed by atoms with Crippen LogP contribution in [0.1, 0.15) is 42.4 Å². The van der Waals surface area contributed by atoms with Crippen LogP contribution in [-0.4, -0.2) is 12.6 Å². The SMILES string of the molecule is Cc1ccc(C(C)CNC2CC2)c(C)c1. The van der Waals surface area contributed by atoms with Gasteiger partial charge in [0.25, 0.3) is 0 Å². The smallest absolute Gasteiger partial charge is 0.00684 e. The van der Waals surface area contributed by atoms with E-state index in [4.69, 9.17) is 0 Å². The van der Waals surface area contributed by atoms with E-state index >= 15 is 0 Å². The van der Waals surface area contributed by atoms with E-state index in [9.17, 15) is 0 Å². The molecule has 1 aliphatic carbocycles. The van der Waals surface area contributed by atoms with Gasteiger partial charge < -0.3 is 5.32 Å². The molecule has 1 fully saturated rings. The summed E-state index contributed by atoms with van der Waals surface area (Å²) in [4.78, 5) is 0. The summed E-state index contributed by atoms with van der Waals surface area (Å²) in [6.07, 6.45) is 2.75. The maximum absolute atomic E-state index is 3.60. The second kappa shape index (κ2) is 4.36. The number of hydrogen-bond donors (Lipinski definition) is 1. The molecule has 1 unspecified atom stereocenters. The van der Waals surface area contributed by atoms with E-state index < -0.39 is 0 Å². The summed E-state index contributed by atoms with van der Waals surface area (Å²) in [5.74, 6) is 0.631. The van der Waals surface area contributed by atoms with Crippen molar-refractivity contribution in [3.05, 3.63) is 34.9 Å². The van der Waals surface area contributed by atoms with Crippen molar-refractivity contribution in [3.63, 3.8) is 0 Å². The highest BCUT2D eigenvalue weighted by Crippen LogP contribution is 2.23. The predicted octanol–water partition coefficient (Wildman–Crippen LogP) is 3.16. The summed E-state index contributed by atoms with van der Waals surface area (Å²) in [5, 5.41) is 3.60. The third-order valence-electron chi connectivity index (χ3n) is 3.25. The van der Waals surface area contributed by atoms with E-state index in [1.54, 1.807) is 0 Å². The maximum Gasteiger partial charge on any atom is 0.00684 e. The number of rotatable bonds is 4. The average molecular weight is 203 g/mol. The van der Waals surface area contributed by atoms with Crippen LogP contribution in [0.5, 0.6) is 0 Å². The van der Waals surface area contributed by atoms with Crippen molar-refractivity contribution < 1.29 is 0 Å². The lowest BCUT2D eigenvalue weighted by molar-refractivity contribution is 0.610. The van der Waals surface area contributed by atoms with E-state index in [1.807, 2.05) is 0 Å². The van der Waals surface area contributed by atoms with Gasteiger partial charge in [0.1, 0.15) is 0 Å². The molecule has 0 aliphatic heterocycles. The Balaban J connectivity index is 1.99. The predicted molar refractivity (Wildman–Crippen MR) is 65.4 cm³/mol. The molecule has 1 nitrogen and oxygen atoms in total. The lowest BCUT2D eigenvalue weighted by atomic mass is 9.95. The topological polar surface area (TPSA) is 12.0 Å². The summed E-state index contributed by atoms with van der Waals surface area (Å²) in [5.41, 5.74) is 4.28. The fourth-order valence-electron chi connectivity index (χ4n) is 2.12. The monoisotopic (exact) mass is 203 g/mol. The molecular weight excluding hydrogens is 182 g/mol. The summed E-state index contributed by atoms with van der Waals surface area (Å²) in [7, 11) is 0. The van der Waals surface area contributed by atoms with Gasteiger partial charge in [-0.2, -0.15) is 0 Å². The molecule has 0 radical (unpaired) electrons. The molecule has 1 aromatic carbocycles. The Hall–Kier alpha value is -0.820. The molecular formula is C14H21N. The Morgan fingerprint density at radius 2 is 2.07 bits per heavy atom. The van der Waals surface area contributed by atoms with Crippen LogP contribution in [0.3, 0.4) is 0 Å². The van der Waals surface area contributed by atoms with Crippen LogP contribution in [-0.2, 0) is 0 Å². The molecule has 1 N–H and O–H groups in total. The number of nitrogens with one attached hydrogen (secondary N) is 1. The molecule has 15 heavy (non-hydrogen) atoms. The van der Waals surface area contributed by atoms with Gasteiger partial charge in [0.05, 0.1) is 0 Å². The normalized spacial score (nSPS) is 17.8. The molecule has 2 rings (SSSR count). The zero-order valence-corrected chi connectivity index (χ0v) is 10.0. The van der Waals surface area contributed by atoms with Crippen molar-refractivity contribution in [1.82, 2.24) is 5.32 Å². The molecule has 0 heterocycles. The highest BCUT2D eigenvalue weighted by Gasteiger charge is 2.21. The quantitative estimate of drug-likeness (QED) is 0.792. The summed E-state index contributed by atoms with van der Waals surface area (Å²) in [6.45, 7) is 7.81. The Labute approximate surface area is 92.9 Å². The molecule has 0 amide bonds. The van der Waals surface area contributed by atoms with Crippen molar-refractivity contribution in [1.29, 1.82) is 0 Å². The number of aryl methyl sites for hydroxylation is 2. The van der Waals surface area contributed by atoms with Crippen LogP contribution in [0.25, 0.3) is 0 Å². The molecule has 0 bridgehead atoms. The van der Waals surface area contributed by atoms with Gasteiger partial charge in [0.15, 0.2) is 0 Å². The third-order valence-corrected chi connectivity index (χ3v) is 3.25. The first-order chi connectivity index (χ1) is 7.16. The fraction of sp³-hybridized carbons (Fsp3) is 0.571. The van der Waals surface area contributed by atoms with Crippen LogP contribution in [0.2, 0.25) is 0 Å². The van der Waals surface area contributed by atoms with Gasteiger partial charge in [0, 0.05) is 12.6 Å². The van der Waals surface area contributed by atoms with Crippen molar-refractivity contribution in [2.24, 2.45) is 0 Å². The van der Waals surface area contributed by atoms with E-state index in [0.717, 1.165) is 12.6 Å². The Morgan fingerprint density at radius 1 is 1.33 bits per heavy atom. The molecule has 1 aliphatic rings. The van der Waals surface area contributed by atoms with Crippen LogP contribution < -0.4 is 5.32 Å². The average Bonchev–Trinajstić information content (AvgIpc) is 2.97. The highest BCUT2D eigenvalue weighted by molar-refractivity contribution is 5.32. The van der Waals surface area contributed by atoms with E-state index in [0.29, 0.717) is 5.92 Å². The minimum Gasteiger partial charge on any atom is -0.313 e. The number of benzene rings is 1. The zero-order valence-electron chi connectivity index (χ0n) is 10.0. The molecule has 1 heteroatoms. The lowest BCUT2D eigenvalue weighted by Gasteiger charge is -2.15. The van der Waals surface area contributed by atoms with Crippen LogP contribution in [0.15, 0.2) is 18.2 Å². The third kappa shape index (κ3) is 2.82. The first-order valence-electron chi connectivity index (χ1n) is 5.97. The second-order valence-electron chi connectivity index (χ2n) is 4.94. The Kier molecular flexibility index (Phi) is 3.11. The van der Waals surface area contributed by atoms with Gasteiger partial charge >= 0.3 is 0 Å². The standard InChI is InChI=1S/C14H21N/c1-10-4-7-14(11(2)8-10)12(3)9-15-13-5-6-13/h4,7-8,12-13,15H,5-6,9H2,1-3H3. The minimum absolute atomic E-state index is 0.631. The first kappa shape index (κ1) is 10.7. The van der Waals surface area contributed by atoms with Crippen molar-refractivity contribution in [2.45, 2.75) is 45.6 Å². The Morgan fingerprint density at radius 3 is 2.67 bits per heavy atom. The van der Waals surface area contributed by atoms with E-state index in [-0.39, 0.29) is 0 Å². The molecule has 1 aromatic rings. The summed E-state index contributed by atoms with van der Waals surface area (Å²) >= 11 is 0. The van der Waals surface area contributed by atoms with Crippen molar-refractivity contribution in [2.75, 3.05) is 6.54 Å². The molecule has 82 valence electrons. The molecule has 1 atom stereocenters. The van der Waals surface area contributed by atoms with Gasteiger partial charge in [-0.15, -0.1) is 0 Å². The van der Waals surface area contributed by atoms with Gasteiger partial charge in [-0.3, -0.25) is 0 Å². The van der Waals surface area contributed by atoms with Gasteiger partial charge in [-0.25, -0.2) is 0 Å². The second-order valence-corrected chi connectivity index (χ2v) is 4.94. The van der Waals surface area contributed by atoms with Gasteiger partial charge in [-0.05, 0) is 43.7 Å². The largest absolute Gasteiger partial charge is 0.313 e. The maximum atomic E-state index is 3.60. The van der Waals surface area contributed by atoms with Crippen LogP contribution >= 0.6 is 0 Å². The fourth-order valence-corrected chi connectivity index (χ4v) is 2.12. The van der Waals surface area contributed by atoms with Crippen molar-refractivity contribution in [3.8, 4) is 0 Å². The Bertz CT molecular complexity index is 339. The zero-order chi connectivity index (χ0) is 10.8. The molecule has 0 saturated heterocycles. The van der Waals surface area contributed by atoms with E-state index in [1.165, 1.54) is 29.5 Å². The minimum atomic E-state index is 0.631. The summed E-state index contributed by atoms with van der Waals surface area (Å²) in [6, 6.07) is 7.60. The van der Waals surface area contributed by atoms with Crippen LogP contribution in [0, 0.1) is 13.8 Å². The summed E-state index contributed by atoms with van der Waals surface area (Å²) < 4.78 is 0. The first-order valence-corrected chi connectivity index (χ1v) is 5.97. The highest BCUT2D eigenvalue weighted by atomic mass is 14.9. The molecule has 0 aromatic heterocycles. The molecule has 0 spiro atoms. The van der Waals surface area contributed by atoms with Gasteiger partial charge in [-0.1, -0.05) is 30.7 Å². The lowest BCUT2D eigenvalue weighted by Crippen LogP contribution is -2.22.